The van der Waals surface area contributed by atoms with E-state index in [-0.39, 0.29) is 54.3 Å². The highest BCUT2D eigenvalue weighted by atomic mass is 35.5. The topological polar surface area (TPSA) is 112 Å². The van der Waals surface area contributed by atoms with Gasteiger partial charge in [0, 0.05) is 81.3 Å². The minimum atomic E-state index is -3.85. The van der Waals surface area contributed by atoms with Crippen molar-refractivity contribution < 1.29 is 22.7 Å². The summed E-state index contributed by atoms with van der Waals surface area (Å²) >= 11 is 6.07. The zero-order valence-electron chi connectivity index (χ0n) is 24.1. The van der Waals surface area contributed by atoms with Crippen LogP contribution in [0.3, 0.4) is 0 Å². The number of nitrogens with one attached hydrogen (secondary N) is 1. The molecule has 10 nitrogen and oxygen atoms in total. The molecule has 2 aromatic carbocycles. The highest BCUT2D eigenvalue weighted by Gasteiger charge is 2.40. The van der Waals surface area contributed by atoms with E-state index in [0.29, 0.717) is 31.2 Å². The molecule has 0 spiro atoms. The molecule has 43 heavy (non-hydrogen) atoms. The maximum Gasteiger partial charge on any atom is 0.302 e. The van der Waals surface area contributed by atoms with E-state index in [9.17, 15) is 18.0 Å². The Labute approximate surface area is 263 Å². The Kier molecular flexibility index (Phi) is 10.9. The number of benzene rings is 2. The first kappa shape index (κ1) is 32.9. The van der Waals surface area contributed by atoms with E-state index in [2.05, 4.69) is 15.2 Å². The highest BCUT2D eigenvalue weighted by Crippen LogP contribution is 2.35. The summed E-state index contributed by atoms with van der Waals surface area (Å²) in [5, 5.41) is 5.63. The molecule has 0 aliphatic carbocycles. The SMILES string of the molecule is CC(=O)OCCNCC1(CN2CCN(S(=O)(=O)c3ccc4cc(Cl)ccc4c3)CC2=O)CCN(c2ccncc2)CC1.Cl. The van der Waals surface area contributed by atoms with Crippen molar-refractivity contribution in [1.29, 1.82) is 0 Å². The van der Waals surface area contributed by atoms with Crippen LogP contribution in [0.25, 0.3) is 10.8 Å². The van der Waals surface area contributed by atoms with Gasteiger partial charge in [-0.2, -0.15) is 4.31 Å². The number of carbonyl (C=O) groups is 2. The van der Waals surface area contributed by atoms with Crippen LogP contribution in [0, 0.1) is 5.41 Å². The fraction of sp³-hybridized carbons (Fsp3) is 0.433. The number of nitrogens with zero attached hydrogens (tertiary/aromatic N) is 4. The highest BCUT2D eigenvalue weighted by molar-refractivity contribution is 7.89. The van der Waals surface area contributed by atoms with Crippen LogP contribution in [0.2, 0.25) is 5.02 Å². The van der Waals surface area contributed by atoms with E-state index in [0.717, 1.165) is 42.4 Å². The molecule has 2 fully saturated rings. The number of pyridine rings is 1. The average molecular weight is 651 g/mol. The number of aromatic nitrogens is 1. The molecule has 3 heterocycles. The molecule has 0 bridgehead atoms. The fourth-order valence-corrected chi connectivity index (χ4v) is 7.37. The summed E-state index contributed by atoms with van der Waals surface area (Å²) < 4.78 is 33.3. The van der Waals surface area contributed by atoms with E-state index in [4.69, 9.17) is 16.3 Å². The number of carbonyl (C=O) groups excluding carboxylic acids is 2. The number of halogens is 2. The summed E-state index contributed by atoms with van der Waals surface area (Å²) in [7, 11) is -3.85. The summed E-state index contributed by atoms with van der Waals surface area (Å²) in [6, 6.07) is 14.2. The summed E-state index contributed by atoms with van der Waals surface area (Å²) in [6.45, 7) is 5.39. The monoisotopic (exact) mass is 649 g/mol. The second-order valence-corrected chi connectivity index (χ2v) is 13.4. The number of esters is 1. The van der Waals surface area contributed by atoms with Gasteiger partial charge in [-0.25, -0.2) is 8.42 Å². The number of anilines is 1. The van der Waals surface area contributed by atoms with Crippen molar-refractivity contribution in [1.82, 2.24) is 19.5 Å². The van der Waals surface area contributed by atoms with Crippen LogP contribution in [0.1, 0.15) is 19.8 Å². The lowest BCUT2D eigenvalue weighted by Crippen LogP contribution is -2.57. The quantitative estimate of drug-likeness (QED) is 0.262. The van der Waals surface area contributed by atoms with Gasteiger partial charge >= 0.3 is 5.97 Å². The summed E-state index contributed by atoms with van der Waals surface area (Å²) in [4.78, 5) is 32.9. The predicted molar refractivity (Wildman–Crippen MR) is 169 cm³/mol. The predicted octanol–water partition coefficient (Wildman–Crippen LogP) is 3.58. The Balaban J connectivity index is 0.00000423. The molecule has 1 amide bonds. The number of piperazine rings is 1. The number of piperidine rings is 1. The van der Waals surface area contributed by atoms with Crippen LogP contribution in [-0.4, -0.2) is 93.4 Å². The normalized spacial score (nSPS) is 17.5. The van der Waals surface area contributed by atoms with Crippen molar-refractivity contribution in [3.63, 3.8) is 0 Å². The largest absolute Gasteiger partial charge is 0.465 e. The van der Waals surface area contributed by atoms with Crippen molar-refractivity contribution in [3.8, 4) is 0 Å². The number of amides is 1. The molecule has 1 aromatic heterocycles. The molecule has 0 radical (unpaired) electrons. The van der Waals surface area contributed by atoms with Gasteiger partial charge in [-0.05, 0) is 60.0 Å². The zero-order valence-corrected chi connectivity index (χ0v) is 26.5. The number of fused-ring (bicyclic) bond motifs is 1. The lowest BCUT2D eigenvalue weighted by molar-refractivity contribution is -0.141. The summed E-state index contributed by atoms with van der Waals surface area (Å²) in [5.74, 6) is -0.517. The maximum absolute atomic E-state index is 13.5. The van der Waals surface area contributed by atoms with Crippen LogP contribution in [0.5, 0.6) is 0 Å². The van der Waals surface area contributed by atoms with E-state index in [1.165, 1.54) is 11.2 Å². The van der Waals surface area contributed by atoms with E-state index in [1.54, 1.807) is 48.8 Å². The average Bonchev–Trinajstić information content (AvgIpc) is 2.98. The lowest BCUT2D eigenvalue weighted by atomic mass is 9.77. The first-order valence-electron chi connectivity index (χ1n) is 14.1. The maximum atomic E-state index is 13.5. The van der Waals surface area contributed by atoms with Crippen molar-refractivity contribution in [2.75, 3.05) is 63.9 Å². The van der Waals surface area contributed by atoms with Crippen molar-refractivity contribution >= 4 is 62.4 Å². The first-order chi connectivity index (χ1) is 20.1. The molecular formula is C30H37Cl2N5O5S. The van der Waals surface area contributed by atoms with Crippen molar-refractivity contribution in [2.45, 2.75) is 24.7 Å². The third-order valence-corrected chi connectivity index (χ3v) is 10.2. The Morgan fingerprint density at radius 2 is 1.72 bits per heavy atom. The molecule has 3 aromatic rings. The molecule has 2 aliphatic rings. The van der Waals surface area contributed by atoms with Crippen LogP contribution in [-0.2, 0) is 24.3 Å². The molecule has 0 saturated carbocycles. The number of hydrogen-bond donors (Lipinski definition) is 1. The Bertz CT molecular complexity index is 1530. The lowest BCUT2D eigenvalue weighted by Gasteiger charge is -2.46. The summed E-state index contributed by atoms with van der Waals surface area (Å²) in [5.41, 5.74) is 0.920. The van der Waals surface area contributed by atoms with Gasteiger partial charge in [0.05, 0.1) is 11.4 Å². The van der Waals surface area contributed by atoms with Crippen molar-refractivity contribution in [2.24, 2.45) is 5.41 Å². The van der Waals surface area contributed by atoms with Gasteiger partial charge in [0.25, 0.3) is 0 Å². The zero-order chi connectivity index (χ0) is 29.7. The molecule has 2 saturated heterocycles. The first-order valence-corrected chi connectivity index (χ1v) is 15.9. The molecule has 2 aliphatic heterocycles. The Hall–Kier alpha value is -2.96. The fourth-order valence-electron chi connectivity index (χ4n) is 5.77. The van der Waals surface area contributed by atoms with Gasteiger partial charge in [-0.3, -0.25) is 14.6 Å². The number of ether oxygens (including phenoxy) is 1. The molecule has 1 N–H and O–H groups in total. The molecule has 5 rings (SSSR count). The van der Waals surface area contributed by atoms with Crippen LogP contribution in [0.15, 0.2) is 65.8 Å². The summed E-state index contributed by atoms with van der Waals surface area (Å²) in [6.07, 6.45) is 5.27. The number of sulfonamides is 1. The molecule has 232 valence electrons. The number of hydrogen-bond acceptors (Lipinski definition) is 8. The molecule has 13 heteroatoms. The van der Waals surface area contributed by atoms with Gasteiger partial charge in [0.2, 0.25) is 15.9 Å². The van der Waals surface area contributed by atoms with Crippen LogP contribution in [0.4, 0.5) is 5.69 Å². The number of rotatable bonds is 10. The van der Waals surface area contributed by atoms with Gasteiger partial charge in [-0.1, -0.05) is 23.7 Å². The van der Waals surface area contributed by atoms with Crippen LogP contribution >= 0.6 is 24.0 Å². The second-order valence-electron chi connectivity index (χ2n) is 11.0. The molecular weight excluding hydrogens is 613 g/mol. The van der Waals surface area contributed by atoms with E-state index >= 15 is 0 Å². The molecule has 0 atom stereocenters. The van der Waals surface area contributed by atoms with Crippen molar-refractivity contribution in [3.05, 3.63) is 65.9 Å². The molecule has 0 unspecified atom stereocenters. The second kappa shape index (κ2) is 14.2. The Morgan fingerprint density at radius 1 is 1.02 bits per heavy atom. The third kappa shape index (κ3) is 7.96. The Morgan fingerprint density at radius 3 is 2.42 bits per heavy atom. The van der Waals surface area contributed by atoms with Gasteiger partial charge in [0.1, 0.15) is 6.61 Å². The van der Waals surface area contributed by atoms with E-state index < -0.39 is 10.0 Å². The smallest absolute Gasteiger partial charge is 0.302 e. The minimum Gasteiger partial charge on any atom is -0.465 e. The van der Waals surface area contributed by atoms with Crippen LogP contribution < -0.4 is 10.2 Å². The third-order valence-electron chi connectivity index (χ3n) is 8.16. The van der Waals surface area contributed by atoms with Gasteiger partial charge in [-0.15, -0.1) is 12.4 Å². The van der Waals surface area contributed by atoms with E-state index in [1.807, 2.05) is 17.0 Å². The standard InChI is InChI=1S/C30H36ClN5O5S.ClH/c1-23(37)41-17-12-33-21-30(8-13-34(14-9-30)27-6-10-32-11-7-27)22-35-15-16-36(20-29(35)38)42(39,40)28-5-3-24-18-26(31)4-2-25(24)19-28;/h2-7,10-11,18-19,33H,8-9,12-17,20-22H2,1H3;1H. The minimum absolute atomic E-state index is 0. The van der Waals surface area contributed by atoms with Gasteiger partial charge < -0.3 is 19.9 Å². The van der Waals surface area contributed by atoms with Gasteiger partial charge in [0.15, 0.2) is 0 Å².